The lowest BCUT2D eigenvalue weighted by atomic mass is 10.0. The maximum atomic E-state index is 13.8. The van der Waals surface area contributed by atoms with Gasteiger partial charge in [0.1, 0.15) is 17.3 Å². The van der Waals surface area contributed by atoms with Crippen LogP contribution in [-0.2, 0) is 11.8 Å². The van der Waals surface area contributed by atoms with E-state index in [0.29, 0.717) is 44.8 Å². The largest absolute Gasteiger partial charge is 0.456 e. The number of aromatic nitrogens is 2. The molecule has 0 saturated carbocycles. The van der Waals surface area contributed by atoms with Crippen molar-refractivity contribution >= 4 is 22.5 Å². The minimum Gasteiger partial charge on any atom is -0.456 e. The molecule has 0 radical (unpaired) electrons. The van der Waals surface area contributed by atoms with Crippen molar-refractivity contribution in [1.82, 2.24) is 9.55 Å². The van der Waals surface area contributed by atoms with Crippen LogP contribution in [0.4, 0.5) is 10.1 Å². The van der Waals surface area contributed by atoms with Crippen LogP contribution in [0, 0.1) is 26.6 Å². The van der Waals surface area contributed by atoms with E-state index >= 15 is 0 Å². The summed E-state index contributed by atoms with van der Waals surface area (Å²) in [4.78, 5) is 27.8. The number of aryl methyl sites for hydroxylation is 4. The smallest absolute Gasteiger partial charge is 0.259 e. The molecule has 0 fully saturated rings. The van der Waals surface area contributed by atoms with E-state index in [1.54, 1.807) is 51.4 Å². The number of halogens is 1. The van der Waals surface area contributed by atoms with E-state index in [4.69, 9.17) is 4.74 Å². The number of hydrogen-bond donors (Lipinski definition) is 2. The Morgan fingerprint density at radius 2 is 1.82 bits per heavy atom. The molecule has 0 atom stereocenters. The van der Waals surface area contributed by atoms with Gasteiger partial charge in [-0.05, 0) is 74.4 Å². The molecular formula is C26H24FN3O3. The van der Waals surface area contributed by atoms with Gasteiger partial charge in [-0.2, -0.15) is 0 Å². The van der Waals surface area contributed by atoms with Crippen LogP contribution in [0.25, 0.3) is 22.0 Å². The van der Waals surface area contributed by atoms with Gasteiger partial charge in [-0.15, -0.1) is 0 Å². The first-order valence-electron chi connectivity index (χ1n) is 10.4. The maximum absolute atomic E-state index is 13.8. The molecule has 4 aromatic rings. The number of pyridine rings is 1. The molecule has 2 aromatic heterocycles. The van der Waals surface area contributed by atoms with Gasteiger partial charge in [-0.1, -0.05) is 6.58 Å². The van der Waals surface area contributed by atoms with E-state index < -0.39 is 0 Å². The fourth-order valence-corrected chi connectivity index (χ4v) is 3.95. The van der Waals surface area contributed by atoms with Crippen LogP contribution in [0.3, 0.4) is 0 Å². The van der Waals surface area contributed by atoms with Crippen molar-refractivity contribution in [2.75, 3.05) is 5.32 Å². The summed E-state index contributed by atoms with van der Waals surface area (Å²) in [5.41, 5.74) is 4.62. The molecule has 33 heavy (non-hydrogen) atoms. The van der Waals surface area contributed by atoms with Gasteiger partial charge in [0.05, 0.1) is 10.9 Å². The van der Waals surface area contributed by atoms with Crippen molar-refractivity contribution in [2.24, 2.45) is 7.05 Å². The molecule has 1 amide bonds. The van der Waals surface area contributed by atoms with E-state index in [-0.39, 0.29) is 17.3 Å². The number of aromatic amines is 1. The summed E-state index contributed by atoms with van der Waals surface area (Å²) in [6.07, 6.45) is 2.92. The summed E-state index contributed by atoms with van der Waals surface area (Å²) in [6, 6.07) is 9.87. The number of benzene rings is 2. The lowest BCUT2D eigenvalue weighted by Gasteiger charge is -2.17. The van der Waals surface area contributed by atoms with Crippen molar-refractivity contribution < 1.29 is 13.9 Å². The van der Waals surface area contributed by atoms with Crippen molar-refractivity contribution in [2.45, 2.75) is 20.8 Å². The third-order valence-electron chi connectivity index (χ3n) is 5.45. The maximum Gasteiger partial charge on any atom is 0.259 e. The summed E-state index contributed by atoms with van der Waals surface area (Å²) in [6.45, 7) is 8.93. The zero-order chi connectivity index (χ0) is 23.9. The molecule has 0 unspecified atom stereocenters. The van der Waals surface area contributed by atoms with Gasteiger partial charge in [0.2, 0.25) is 5.91 Å². The Bertz CT molecular complexity index is 1460. The number of rotatable bonds is 5. The van der Waals surface area contributed by atoms with Gasteiger partial charge in [-0.25, -0.2) is 4.39 Å². The molecule has 0 bridgehead atoms. The third-order valence-corrected chi connectivity index (χ3v) is 5.45. The first-order chi connectivity index (χ1) is 15.7. The van der Waals surface area contributed by atoms with Crippen molar-refractivity contribution in [3.05, 3.63) is 88.2 Å². The highest BCUT2D eigenvalue weighted by Gasteiger charge is 2.18. The zero-order valence-electron chi connectivity index (χ0n) is 18.9. The van der Waals surface area contributed by atoms with Gasteiger partial charge in [-0.3, -0.25) is 9.59 Å². The van der Waals surface area contributed by atoms with E-state index in [1.807, 2.05) is 6.92 Å². The van der Waals surface area contributed by atoms with Gasteiger partial charge < -0.3 is 19.6 Å². The summed E-state index contributed by atoms with van der Waals surface area (Å²) in [5.74, 6) is 0.365. The first kappa shape index (κ1) is 22.1. The summed E-state index contributed by atoms with van der Waals surface area (Å²) >= 11 is 0. The van der Waals surface area contributed by atoms with Crippen LogP contribution >= 0.6 is 0 Å². The van der Waals surface area contributed by atoms with Gasteiger partial charge in [0.15, 0.2) is 0 Å². The van der Waals surface area contributed by atoms with Crippen molar-refractivity contribution in [3.8, 4) is 22.6 Å². The number of carbonyl (C=O) groups is 1. The number of H-pyrrole nitrogens is 1. The molecule has 2 aromatic carbocycles. The highest BCUT2D eigenvalue weighted by atomic mass is 19.1. The summed E-state index contributed by atoms with van der Waals surface area (Å²) in [5, 5.41) is 3.31. The second-order valence-corrected chi connectivity index (χ2v) is 8.07. The number of nitrogens with one attached hydrogen (secondary N) is 2. The number of hydrogen-bond acceptors (Lipinski definition) is 3. The topological polar surface area (TPSA) is 76.1 Å². The quantitative estimate of drug-likeness (QED) is 0.398. The third kappa shape index (κ3) is 4.17. The molecule has 7 heteroatoms. The fourth-order valence-electron chi connectivity index (χ4n) is 3.95. The normalized spacial score (nSPS) is 10.9. The van der Waals surface area contributed by atoms with E-state index in [9.17, 15) is 14.0 Å². The van der Waals surface area contributed by atoms with Crippen LogP contribution in [0.2, 0.25) is 0 Å². The predicted octanol–water partition coefficient (Wildman–Crippen LogP) is 5.51. The zero-order valence-corrected chi connectivity index (χ0v) is 18.9. The Balaban J connectivity index is 1.96. The lowest BCUT2D eigenvalue weighted by Crippen LogP contribution is -2.16. The molecule has 2 heterocycles. The molecule has 6 nitrogen and oxygen atoms in total. The number of amides is 1. The number of fused-ring (bicyclic) bond motifs is 1. The Hall–Kier alpha value is -4.13. The Morgan fingerprint density at radius 3 is 2.48 bits per heavy atom. The highest BCUT2D eigenvalue weighted by molar-refractivity contribution is 6.01. The average molecular weight is 445 g/mol. The molecule has 0 aliphatic rings. The molecule has 0 aliphatic heterocycles. The predicted molar refractivity (Wildman–Crippen MR) is 128 cm³/mol. The SMILES string of the molecule is C=CC(=O)Nc1ccc(Oc2c(C)cc(F)cc2C)c(-c2cn(C)c(=O)c3cc(C)[nH]c23)c1. The average Bonchev–Trinajstić information content (AvgIpc) is 3.15. The lowest BCUT2D eigenvalue weighted by molar-refractivity contribution is -0.111. The Labute approximate surface area is 190 Å². The second-order valence-electron chi connectivity index (χ2n) is 8.07. The minimum atomic E-state index is -0.346. The van der Waals surface area contributed by atoms with Crippen LogP contribution in [0.5, 0.6) is 11.5 Å². The molecule has 0 aliphatic carbocycles. The monoisotopic (exact) mass is 445 g/mol. The number of ether oxygens (including phenoxy) is 1. The summed E-state index contributed by atoms with van der Waals surface area (Å²) < 4.78 is 21.6. The number of nitrogens with zero attached hydrogens (tertiary/aromatic N) is 1. The van der Waals surface area contributed by atoms with Gasteiger partial charge in [0, 0.05) is 35.8 Å². The molecule has 0 spiro atoms. The minimum absolute atomic E-state index is 0.123. The molecule has 4 rings (SSSR count). The molecule has 0 saturated heterocycles. The van der Waals surface area contributed by atoms with Crippen LogP contribution in [0.1, 0.15) is 16.8 Å². The first-order valence-corrected chi connectivity index (χ1v) is 10.4. The Morgan fingerprint density at radius 1 is 1.12 bits per heavy atom. The van der Waals surface area contributed by atoms with Gasteiger partial charge in [0.25, 0.3) is 5.56 Å². The standard InChI is InChI=1S/C26H24FN3O3/c1-6-23(31)29-18-7-8-22(33-25-14(2)9-17(27)10-15(25)3)19(12-18)21-13-30(5)26(32)20-11-16(4)28-24(20)21/h6-13,28H,1H2,2-5H3,(H,29,31). The van der Waals surface area contributed by atoms with E-state index in [0.717, 1.165) is 11.3 Å². The highest BCUT2D eigenvalue weighted by Crippen LogP contribution is 2.40. The summed E-state index contributed by atoms with van der Waals surface area (Å²) in [7, 11) is 1.69. The van der Waals surface area contributed by atoms with Crippen molar-refractivity contribution in [3.63, 3.8) is 0 Å². The van der Waals surface area contributed by atoms with E-state index in [1.165, 1.54) is 22.8 Å². The fraction of sp³-hybridized carbons (Fsp3) is 0.154. The Kier molecular flexibility index (Phi) is 5.64. The van der Waals surface area contributed by atoms with Crippen LogP contribution < -0.4 is 15.6 Å². The van der Waals surface area contributed by atoms with Gasteiger partial charge >= 0.3 is 0 Å². The van der Waals surface area contributed by atoms with Crippen LogP contribution in [-0.4, -0.2) is 15.5 Å². The molecule has 2 N–H and O–H groups in total. The van der Waals surface area contributed by atoms with Crippen LogP contribution in [0.15, 0.2) is 60.0 Å². The number of carbonyl (C=O) groups excluding carboxylic acids is 1. The van der Waals surface area contributed by atoms with Crippen molar-refractivity contribution in [1.29, 1.82) is 0 Å². The molecular weight excluding hydrogens is 421 g/mol. The molecule has 168 valence electrons. The second kappa shape index (κ2) is 8.43. The number of anilines is 1. The van der Waals surface area contributed by atoms with E-state index in [2.05, 4.69) is 16.9 Å².